The number of esters is 1. The Labute approximate surface area is 186 Å². The molecule has 0 aliphatic heterocycles. The highest BCUT2D eigenvalue weighted by molar-refractivity contribution is 5.81. The van der Waals surface area contributed by atoms with Crippen LogP contribution >= 0.6 is 0 Å². The summed E-state index contributed by atoms with van der Waals surface area (Å²) in [6.07, 6.45) is 4.12. The van der Waals surface area contributed by atoms with Crippen LogP contribution in [0.3, 0.4) is 0 Å². The molecule has 0 spiro atoms. The molecule has 0 amide bonds. The summed E-state index contributed by atoms with van der Waals surface area (Å²) in [6, 6.07) is 8.27. The molecular weight excluding hydrogens is 458 g/mol. The molecule has 1 aliphatic rings. The van der Waals surface area contributed by atoms with Crippen LogP contribution in [0.4, 0.5) is 8.78 Å². The Morgan fingerprint density at radius 3 is 2.67 bits per heavy atom. The highest BCUT2D eigenvalue weighted by atomic mass is 79.9. The Bertz CT molecular complexity index is 844. The molecule has 166 valence electrons. The number of aromatic nitrogens is 2. The fourth-order valence-corrected chi connectivity index (χ4v) is 4.12. The molecule has 1 aromatic carbocycles. The zero-order chi connectivity index (χ0) is 21.1. The number of hydrogen-bond acceptors (Lipinski definition) is 3. The van der Waals surface area contributed by atoms with Crippen molar-refractivity contribution in [3.8, 4) is 0 Å². The van der Waals surface area contributed by atoms with Crippen molar-refractivity contribution in [1.82, 2.24) is 4.57 Å². The number of aryl methyl sites for hydroxylation is 1. The minimum atomic E-state index is -2.87. The molecule has 3 rings (SSSR count). The molecule has 30 heavy (non-hydrogen) atoms. The summed E-state index contributed by atoms with van der Waals surface area (Å²) in [5, 5.41) is 11.3. The van der Waals surface area contributed by atoms with E-state index in [0.29, 0.717) is 12.1 Å². The van der Waals surface area contributed by atoms with Gasteiger partial charge in [-0.3, -0.25) is 0 Å². The van der Waals surface area contributed by atoms with E-state index in [0.717, 1.165) is 18.8 Å². The van der Waals surface area contributed by atoms with E-state index in [1.165, 1.54) is 0 Å². The van der Waals surface area contributed by atoms with Gasteiger partial charge in [-0.05, 0) is 18.4 Å². The number of rotatable bonds is 8. The summed E-state index contributed by atoms with van der Waals surface area (Å²) in [4.78, 5) is 12.9. The third kappa shape index (κ3) is 5.09. The molecule has 1 aromatic heterocycles. The standard InChI is InChI=1S/C22H29F2N2O3.BrH/c1-3-11-25-12-13-26(17(25)2)14-15-29-20(27)22(28,18-7-5-4-6-8-18)19-9-10-21(23,24)16-19;/h4-8,12-13,19,28H,3,9-11,14-16H2,1-2H3;1H/q+1;/p-1/t19-,22+;/m1./s1. The third-order valence-electron chi connectivity index (χ3n) is 5.81. The number of hydrogen-bond donors (Lipinski definition) is 1. The summed E-state index contributed by atoms with van der Waals surface area (Å²) < 4.78 is 37.1. The number of imidazole rings is 1. The molecule has 0 unspecified atom stereocenters. The van der Waals surface area contributed by atoms with Gasteiger partial charge in [0.2, 0.25) is 5.92 Å². The van der Waals surface area contributed by atoms with Crippen LogP contribution in [0.1, 0.15) is 44.0 Å². The van der Waals surface area contributed by atoms with Crippen LogP contribution in [-0.4, -0.2) is 28.2 Å². The van der Waals surface area contributed by atoms with E-state index in [-0.39, 0.29) is 36.4 Å². The highest BCUT2D eigenvalue weighted by Crippen LogP contribution is 2.47. The lowest BCUT2D eigenvalue weighted by atomic mass is 9.80. The zero-order valence-corrected chi connectivity index (χ0v) is 18.9. The molecule has 2 atom stereocenters. The number of carbonyl (C=O) groups excluding carboxylic acids is 1. The molecule has 1 fully saturated rings. The van der Waals surface area contributed by atoms with Crippen molar-refractivity contribution in [3.05, 3.63) is 54.1 Å². The largest absolute Gasteiger partial charge is 1.00 e. The maximum Gasteiger partial charge on any atom is 0.343 e. The molecular formula is C22H29BrF2N2O3. The van der Waals surface area contributed by atoms with Crippen molar-refractivity contribution < 1.29 is 45.0 Å². The predicted octanol–water partition coefficient (Wildman–Crippen LogP) is 0.364. The van der Waals surface area contributed by atoms with Crippen molar-refractivity contribution in [2.75, 3.05) is 6.61 Å². The van der Waals surface area contributed by atoms with Gasteiger partial charge >= 0.3 is 5.97 Å². The number of nitrogens with zero attached hydrogens (tertiary/aromatic N) is 2. The summed E-state index contributed by atoms with van der Waals surface area (Å²) in [7, 11) is 0. The maximum absolute atomic E-state index is 13.8. The van der Waals surface area contributed by atoms with Gasteiger partial charge in [0.15, 0.2) is 5.60 Å². The number of alkyl halides is 2. The molecule has 0 bridgehead atoms. The van der Waals surface area contributed by atoms with Gasteiger partial charge in [-0.25, -0.2) is 22.7 Å². The molecule has 1 aliphatic carbocycles. The van der Waals surface area contributed by atoms with Crippen molar-refractivity contribution in [2.45, 2.75) is 64.1 Å². The summed E-state index contributed by atoms with van der Waals surface area (Å²) in [5.74, 6) is -3.58. The molecule has 1 saturated carbocycles. The fourth-order valence-electron chi connectivity index (χ4n) is 4.12. The average Bonchev–Trinajstić information content (AvgIpc) is 3.25. The Kier molecular flexibility index (Phi) is 8.16. The summed E-state index contributed by atoms with van der Waals surface area (Å²) in [5.41, 5.74) is -1.78. The van der Waals surface area contributed by atoms with Gasteiger partial charge in [0.1, 0.15) is 25.5 Å². The molecule has 1 N–H and O–H groups in total. The third-order valence-corrected chi connectivity index (χ3v) is 5.81. The molecule has 5 nitrogen and oxygen atoms in total. The number of carbonyl (C=O) groups is 1. The Hall–Kier alpha value is -1.80. The van der Waals surface area contributed by atoms with E-state index in [4.69, 9.17) is 4.74 Å². The van der Waals surface area contributed by atoms with E-state index < -0.39 is 29.8 Å². The van der Waals surface area contributed by atoms with E-state index in [2.05, 4.69) is 11.5 Å². The highest BCUT2D eigenvalue weighted by Gasteiger charge is 2.54. The number of ether oxygens (including phenoxy) is 1. The smallest absolute Gasteiger partial charge is 0.343 e. The van der Waals surface area contributed by atoms with Gasteiger partial charge in [0.25, 0.3) is 5.82 Å². The zero-order valence-electron chi connectivity index (χ0n) is 17.4. The second kappa shape index (κ2) is 10.0. The normalized spacial score (nSPS) is 19.7. The fraction of sp³-hybridized carbons (Fsp3) is 0.545. The number of aliphatic hydroxyl groups is 1. The SMILES string of the molecule is CCC[n+]1ccn(CCOC(=O)[C@](O)(c2ccccc2)[C@@H]2CCC(F)(F)C2)c1C.[Br-]. The van der Waals surface area contributed by atoms with E-state index >= 15 is 0 Å². The topological polar surface area (TPSA) is 55.3 Å². The molecule has 0 saturated heterocycles. The first kappa shape index (κ1) is 24.5. The number of benzene rings is 1. The van der Waals surface area contributed by atoms with Crippen LogP contribution in [-0.2, 0) is 28.2 Å². The quantitative estimate of drug-likeness (QED) is 0.433. The average molecular weight is 487 g/mol. The lowest BCUT2D eigenvalue weighted by Crippen LogP contribution is -3.00. The lowest BCUT2D eigenvalue weighted by Gasteiger charge is -2.32. The molecule has 0 radical (unpaired) electrons. The second-order valence-corrected chi connectivity index (χ2v) is 7.80. The molecule has 1 heterocycles. The van der Waals surface area contributed by atoms with Crippen LogP contribution in [0.5, 0.6) is 0 Å². The maximum atomic E-state index is 13.8. The van der Waals surface area contributed by atoms with Crippen molar-refractivity contribution in [2.24, 2.45) is 5.92 Å². The first-order chi connectivity index (χ1) is 13.8. The minimum absolute atomic E-state index is 0. The van der Waals surface area contributed by atoms with Gasteiger partial charge in [0.05, 0.1) is 6.54 Å². The van der Waals surface area contributed by atoms with Gasteiger partial charge in [-0.15, -0.1) is 0 Å². The van der Waals surface area contributed by atoms with Gasteiger partial charge in [-0.1, -0.05) is 37.3 Å². The first-order valence-corrected chi connectivity index (χ1v) is 10.2. The van der Waals surface area contributed by atoms with Crippen molar-refractivity contribution >= 4 is 5.97 Å². The molecule has 8 heteroatoms. The van der Waals surface area contributed by atoms with E-state index in [1.54, 1.807) is 30.3 Å². The second-order valence-electron chi connectivity index (χ2n) is 7.80. The monoisotopic (exact) mass is 486 g/mol. The van der Waals surface area contributed by atoms with E-state index in [9.17, 15) is 18.7 Å². The Balaban J connectivity index is 0.00000320. The summed E-state index contributed by atoms with van der Waals surface area (Å²) >= 11 is 0. The van der Waals surface area contributed by atoms with Crippen molar-refractivity contribution in [1.29, 1.82) is 0 Å². The van der Waals surface area contributed by atoms with Crippen LogP contribution in [0, 0.1) is 12.8 Å². The van der Waals surface area contributed by atoms with Gasteiger partial charge in [0, 0.05) is 25.7 Å². The van der Waals surface area contributed by atoms with Crippen LogP contribution in [0.2, 0.25) is 0 Å². The van der Waals surface area contributed by atoms with Crippen LogP contribution < -0.4 is 21.5 Å². The van der Waals surface area contributed by atoms with Crippen LogP contribution in [0.15, 0.2) is 42.7 Å². The summed E-state index contributed by atoms with van der Waals surface area (Å²) in [6.45, 7) is 5.47. The Morgan fingerprint density at radius 2 is 2.07 bits per heavy atom. The van der Waals surface area contributed by atoms with E-state index in [1.807, 2.05) is 23.9 Å². The van der Waals surface area contributed by atoms with Gasteiger partial charge in [-0.2, -0.15) is 0 Å². The Morgan fingerprint density at radius 1 is 1.37 bits per heavy atom. The molecule has 2 aromatic rings. The lowest BCUT2D eigenvalue weighted by molar-refractivity contribution is -0.702. The predicted molar refractivity (Wildman–Crippen MR) is 103 cm³/mol. The van der Waals surface area contributed by atoms with Crippen LogP contribution in [0.25, 0.3) is 0 Å². The van der Waals surface area contributed by atoms with Gasteiger partial charge < -0.3 is 26.8 Å². The first-order valence-electron chi connectivity index (χ1n) is 10.2. The number of halogens is 3. The minimum Gasteiger partial charge on any atom is -1.00 e. The van der Waals surface area contributed by atoms with Crippen molar-refractivity contribution in [3.63, 3.8) is 0 Å².